The molecule has 1 N–H and O–H groups in total. The van der Waals surface area contributed by atoms with Crippen LogP contribution >= 0.6 is 11.6 Å². The zero-order valence-corrected chi connectivity index (χ0v) is 13.6. The summed E-state index contributed by atoms with van der Waals surface area (Å²) in [6.45, 7) is 5.95. The van der Waals surface area contributed by atoms with Gasteiger partial charge in [-0.15, -0.1) is 0 Å². The average molecular weight is 319 g/mol. The Hall–Kier alpha value is -1.91. The van der Waals surface area contributed by atoms with Crippen LogP contribution in [0.2, 0.25) is 0 Å². The molecule has 0 atom stereocenters. The Morgan fingerprint density at radius 3 is 2.82 bits per heavy atom. The highest BCUT2D eigenvalue weighted by Crippen LogP contribution is 2.28. The fourth-order valence-corrected chi connectivity index (χ4v) is 2.45. The third kappa shape index (κ3) is 3.84. The Balaban J connectivity index is 2.34. The van der Waals surface area contributed by atoms with Crippen molar-refractivity contribution in [2.75, 3.05) is 0 Å². The molecule has 0 fully saturated rings. The molecule has 0 aliphatic carbocycles. The van der Waals surface area contributed by atoms with E-state index < -0.39 is 0 Å². The lowest BCUT2D eigenvalue weighted by atomic mass is 10.1. The predicted molar refractivity (Wildman–Crippen MR) is 88.1 cm³/mol. The quantitative estimate of drug-likeness (QED) is 0.829. The molecule has 116 valence electrons. The van der Waals surface area contributed by atoms with E-state index in [0.29, 0.717) is 28.2 Å². The van der Waals surface area contributed by atoms with Gasteiger partial charge in [-0.3, -0.25) is 0 Å². The minimum atomic E-state index is -0.0262. The Labute approximate surface area is 135 Å². The standard InChI is InChI=1S/C17H19ClN2O2/c1-4-14(15(18)8-11(2)3)17-19-16(20-22-17)13-7-5-6-12(9-13)10-21/h4-9,11,21H,10H2,1-3H3/b14-4+,15-8+. The smallest absolute Gasteiger partial charge is 0.259 e. The molecule has 0 aliphatic heterocycles. The third-order valence-electron chi connectivity index (χ3n) is 3.05. The van der Waals surface area contributed by atoms with E-state index in [1.807, 2.05) is 43.3 Å². The third-order valence-corrected chi connectivity index (χ3v) is 3.38. The van der Waals surface area contributed by atoms with Crippen molar-refractivity contribution in [3.63, 3.8) is 0 Å². The first-order chi connectivity index (χ1) is 10.5. The van der Waals surface area contributed by atoms with Crippen LogP contribution < -0.4 is 0 Å². The van der Waals surface area contributed by atoms with E-state index in [0.717, 1.165) is 11.1 Å². The molecule has 1 aromatic carbocycles. The van der Waals surface area contributed by atoms with Crippen molar-refractivity contribution < 1.29 is 9.63 Å². The van der Waals surface area contributed by atoms with E-state index >= 15 is 0 Å². The van der Waals surface area contributed by atoms with E-state index in [-0.39, 0.29) is 6.61 Å². The molecule has 5 heteroatoms. The maximum atomic E-state index is 9.20. The largest absolute Gasteiger partial charge is 0.392 e. The van der Waals surface area contributed by atoms with Crippen molar-refractivity contribution in [3.8, 4) is 11.4 Å². The Bertz CT molecular complexity index is 702. The zero-order chi connectivity index (χ0) is 16.1. The number of nitrogens with zero attached hydrogens (tertiary/aromatic N) is 2. The lowest BCUT2D eigenvalue weighted by Crippen LogP contribution is -1.89. The summed E-state index contributed by atoms with van der Waals surface area (Å²) >= 11 is 6.31. The van der Waals surface area contributed by atoms with Crippen LogP contribution in [0.4, 0.5) is 0 Å². The van der Waals surface area contributed by atoms with E-state index in [1.54, 1.807) is 0 Å². The molecule has 0 saturated heterocycles. The molecule has 1 aromatic heterocycles. The van der Waals surface area contributed by atoms with E-state index in [4.69, 9.17) is 16.1 Å². The van der Waals surface area contributed by atoms with Crippen molar-refractivity contribution in [3.05, 3.63) is 52.9 Å². The van der Waals surface area contributed by atoms with Gasteiger partial charge in [-0.25, -0.2) is 0 Å². The fraction of sp³-hybridized carbons (Fsp3) is 0.294. The van der Waals surface area contributed by atoms with Gasteiger partial charge in [0.1, 0.15) is 0 Å². The van der Waals surface area contributed by atoms with Gasteiger partial charge >= 0.3 is 0 Å². The number of aliphatic hydroxyl groups excluding tert-OH is 1. The van der Waals surface area contributed by atoms with E-state index in [1.165, 1.54) is 0 Å². The van der Waals surface area contributed by atoms with Gasteiger partial charge in [-0.05, 0) is 24.5 Å². The molecule has 0 amide bonds. The van der Waals surface area contributed by atoms with Gasteiger partial charge in [-0.1, -0.05) is 61.0 Å². The molecule has 1 heterocycles. The van der Waals surface area contributed by atoms with Crippen LogP contribution in [0.15, 0.2) is 46.0 Å². The van der Waals surface area contributed by atoms with Crippen molar-refractivity contribution in [1.82, 2.24) is 10.1 Å². The molecular weight excluding hydrogens is 300 g/mol. The molecule has 0 spiro atoms. The number of aliphatic hydroxyl groups is 1. The van der Waals surface area contributed by atoms with Crippen molar-refractivity contribution in [2.24, 2.45) is 5.92 Å². The number of halogens is 1. The van der Waals surface area contributed by atoms with Crippen LogP contribution in [0.5, 0.6) is 0 Å². The second-order valence-electron chi connectivity index (χ2n) is 5.24. The molecule has 0 bridgehead atoms. The average Bonchev–Trinajstić information content (AvgIpc) is 2.97. The number of rotatable bonds is 5. The van der Waals surface area contributed by atoms with Gasteiger partial charge in [-0.2, -0.15) is 4.98 Å². The van der Waals surface area contributed by atoms with Gasteiger partial charge in [0.25, 0.3) is 5.89 Å². The lowest BCUT2D eigenvalue weighted by molar-refractivity contribution is 0.282. The molecule has 2 rings (SSSR count). The summed E-state index contributed by atoms with van der Waals surface area (Å²) in [5.41, 5.74) is 2.31. The maximum absolute atomic E-state index is 9.20. The normalized spacial score (nSPS) is 13.0. The predicted octanol–water partition coefficient (Wildman–Crippen LogP) is 4.41. The van der Waals surface area contributed by atoms with E-state index in [2.05, 4.69) is 24.0 Å². The summed E-state index contributed by atoms with van der Waals surface area (Å²) in [7, 11) is 0. The first-order valence-corrected chi connectivity index (χ1v) is 7.51. The minimum Gasteiger partial charge on any atom is -0.392 e. The monoisotopic (exact) mass is 318 g/mol. The van der Waals surface area contributed by atoms with Gasteiger partial charge < -0.3 is 9.63 Å². The number of allylic oxidation sites excluding steroid dienone is 4. The molecule has 0 saturated carbocycles. The highest BCUT2D eigenvalue weighted by atomic mass is 35.5. The Kier molecular flexibility index (Phi) is 5.52. The summed E-state index contributed by atoms with van der Waals surface area (Å²) in [6, 6.07) is 7.38. The maximum Gasteiger partial charge on any atom is 0.259 e. The number of hydrogen-bond acceptors (Lipinski definition) is 4. The second-order valence-corrected chi connectivity index (χ2v) is 5.65. The molecule has 2 aromatic rings. The molecule has 0 aliphatic rings. The topological polar surface area (TPSA) is 59.2 Å². The van der Waals surface area contributed by atoms with Crippen molar-refractivity contribution in [2.45, 2.75) is 27.4 Å². The van der Waals surface area contributed by atoms with Crippen LogP contribution in [-0.4, -0.2) is 15.2 Å². The lowest BCUT2D eigenvalue weighted by Gasteiger charge is -2.02. The molecule has 0 unspecified atom stereocenters. The Morgan fingerprint density at radius 1 is 1.41 bits per heavy atom. The molecule has 0 radical (unpaired) electrons. The molecular formula is C17H19ClN2O2. The summed E-state index contributed by atoms with van der Waals surface area (Å²) in [4.78, 5) is 4.40. The first kappa shape index (κ1) is 16.5. The SMILES string of the molecule is C/C=C(\C(Cl)=C/C(C)C)c1nc(-c2cccc(CO)c2)no1. The summed E-state index contributed by atoms with van der Waals surface area (Å²) in [5.74, 6) is 1.18. The molecule has 22 heavy (non-hydrogen) atoms. The fourth-order valence-electron chi connectivity index (χ4n) is 2.00. The summed E-state index contributed by atoms with van der Waals surface area (Å²) in [6.07, 6.45) is 3.79. The van der Waals surface area contributed by atoms with Gasteiger partial charge in [0.15, 0.2) is 0 Å². The van der Waals surface area contributed by atoms with Crippen LogP contribution in [0.3, 0.4) is 0 Å². The summed E-state index contributed by atoms with van der Waals surface area (Å²) < 4.78 is 5.33. The minimum absolute atomic E-state index is 0.0262. The number of aromatic nitrogens is 2. The van der Waals surface area contributed by atoms with Crippen molar-refractivity contribution >= 4 is 17.2 Å². The number of benzene rings is 1. The van der Waals surface area contributed by atoms with Crippen LogP contribution in [0.25, 0.3) is 17.0 Å². The molecule has 4 nitrogen and oxygen atoms in total. The van der Waals surface area contributed by atoms with Gasteiger partial charge in [0.05, 0.1) is 12.2 Å². The Morgan fingerprint density at radius 2 is 2.18 bits per heavy atom. The van der Waals surface area contributed by atoms with Crippen LogP contribution in [0, 0.1) is 5.92 Å². The van der Waals surface area contributed by atoms with Gasteiger partial charge in [0.2, 0.25) is 5.82 Å². The second kappa shape index (κ2) is 7.38. The van der Waals surface area contributed by atoms with Crippen molar-refractivity contribution in [1.29, 1.82) is 0 Å². The van der Waals surface area contributed by atoms with Crippen LogP contribution in [-0.2, 0) is 6.61 Å². The van der Waals surface area contributed by atoms with Gasteiger partial charge in [0, 0.05) is 10.6 Å². The highest BCUT2D eigenvalue weighted by molar-refractivity contribution is 6.36. The number of hydrogen-bond donors (Lipinski definition) is 1. The van der Waals surface area contributed by atoms with Crippen LogP contribution in [0.1, 0.15) is 32.2 Å². The van der Waals surface area contributed by atoms with E-state index in [9.17, 15) is 5.11 Å². The first-order valence-electron chi connectivity index (χ1n) is 7.13. The summed E-state index contributed by atoms with van der Waals surface area (Å²) in [5, 5.41) is 13.8. The highest BCUT2D eigenvalue weighted by Gasteiger charge is 2.15. The zero-order valence-electron chi connectivity index (χ0n) is 12.9.